The van der Waals surface area contributed by atoms with Gasteiger partial charge in [0.05, 0.1) is 6.67 Å². The molecule has 1 aromatic carbocycles. The topological polar surface area (TPSA) is 90.0 Å². The maximum atomic E-state index is 13.0. The number of nitrogens with zero attached hydrogens (tertiary/aromatic N) is 3. The zero-order valence-electron chi connectivity index (χ0n) is 17.4. The van der Waals surface area contributed by atoms with Crippen LogP contribution in [0.4, 0.5) is 4.79 Å². The number of imide groups is 1. The fourth-order valence-electron chi connectivity index (χ4n) is 3.93. The zero-order valence-corrected chi connectivity index (χ0v) is 19.0. The van der Waals surface area contributed by atoms with E-state index in [1.54, 1.807) is 24.4 Å². The Hall–Kier alpha value is -2.27. The van der Waals surface area contributed by atoms with E-state index >= 15 is 0 Å². The Morgan fingerprint density at radius 2 is 1.74 bits per heavy atom. The van der Waals surface area contributed by atoms with Gasteiger partial charge in [0.15, 0.2) is 0 Å². The molecular formula is C21H26N4O4S2. The van der Waals surface area contributed by atoms with Crippen molar-refractivity contribution in [1.29, 1.82) is 0 Å². The van der Waals surface area contributed by atoms with Crippen molar-refractivity contribution in [3.63, 3.8) is 0 Å². The number of nitrogens with one attached hydrogen (secondary N) is 1. The number of hydrogen-bond acceptors (Lipinski definition) is 6. The third-order valence-electron chi connectivity index (χ3n) is 5.86. The average molecular weight is 463 g/mol. The molecule has 2 aromatic rings. The second-order valence-corrected chi connectivity index (χ2v) is 11.2. The highest BCUT2D eigenvalue weighted by Crippen LogP contribution is 2.25. The molecule has 4 rings (SSSR count). The lowest BCUT2D eigenvalue weighted by Crippen LogP contribution is -2.52. The summed E-state index contributed by atoms with van der Waals surface area (Å²) in [5.74, 6) is -0.234. The molecule has 2 saturated heterocycles. The van der Waals surface area contributed by atoms with Crippen LogP contribution >= 0.6 is 11.3 Å². The van der Waals surface area contributed by atoms with Gasteiger partial charge >= 0.3 is 6.03 Å². The van der Waals surface area contributed by atoms with Crippen molar-refractivity contribution in [2.45, 2.75) is 29.5 Å². The van der Waals surface area contributed by atoms with E-state index in [1.807, 2.05) is 35.2 Å². The van der Waals surface area contributed by atoms with Crippen molar-refractivity contribution in [3.8, 4) is 0 Å². The molecule has 3 heterocycles. The first-order chi connectivity index (χ1) is 14.8. The van der Waals surface area contributed by atoms with Crippen molar-refractivity contribution in [2.75, 3.05) is 32.8 Å². The van der Waals surface area contributed by atoms with Crippen LogP contribution in [0.25, 0.3) is 0 Å². The number of rotatable bonds is 7. The Bertz CT molecular complexity index is 1030. The first kappa shape index (κ1) is 21.9. The molecule has 1 aromatic heterocycles. The molecule has 2 aliphatic heterocycles. The van der Waals surface area contributed by atoms with Gasteiger partial charge < -0.3 is 5.32 Å². The SMILES string of the molecule is CC1(CCc2ccccc2)NC(=O)N(CN2CCN(S(=O)(=O)c3cccs3)CC2)C1=O. The highest BCUT2D eigenvalue weighted by atomic mass is 32.2. The molecule has 1 atom stereocenters. The van der Waals surface area contributed by atoms with Crippen molar-refractivity contribution < 1.29 is 18.0 Å². The third kappa shape index (κ3) is 4.52. The Labute approximate surface area is 186 Å². The summed E-state index contributed by atoms with van der Waals surface area (Å²) >= 11 is 1.20. The molecule has 1 unspecified atom stereocenters. The highest BCUT2D eigenvalue weighted by molar-refractivity contribution is 7.91. The fraction of sp³-hybridized carbons (Fsp3) is 0.429. The summed E-state index contributed by atoms with van der Waals surface area (Å²) in [6, 6.07) is 12.8. The van der Waals surface area contributed by atoms with E-state index in [0.717, 1.165) is 5.56 Å². The summed E-state index contributed by atoms with van der Waals surface area (Å²) < 4.78 is 27.1. The summed E-state index contributed by atoms with van der Waals surface area (Å²) in [5, 5.41) is 4.59. The Morgan fingerprint density at radius 3 is 2.39 bits per heavy atom. The van der Waals surface area contributed by atoms with E-state index in [4.69, 9.17) is 0 Å². The lowest BCUT2D eigenvalue weighted by molar-refractivity contribution is -0.132. The summed E-state index contributed by atoms with van der Waals surface area (Å²) in [6.07, 6.45) is 1.21. The third-order valence-corrected chi connectivity index (χ3v) is 9.14. The van der Waals surface area contributed by atoms with Gasteiger partial charge in [0.2, 0.25) is 0 Å². The van der Waals surface area contributed by atoms with Crippen LogP contribution in [0.5, 0.6) is 0 Å². The first-order valence-electron chi connectivity index (χ1n) is 10.2. The Balaban J connectivity index is 1.33. The van der Waals surface area contributed by atoms with Gasteiger partial charge in [-0.1, -0.05) is 36.4 Å². The van der Waals surface area contributed by atoms with Crippen LogP contribution in [0.15, 0.2) is 52.1 Å². The predicted molar refractivity (Wildman–Crippen MR) is 118 cm³/mol. The maximum Gasteiger partial charge on any atom is 0.326 e. The van der Waals surface area contributed by atoms with Crippen LogP contribution in [0.2, 0.25) is 0 Å². The molecule has 0 spiro atoms. The van der Waals surface area contributed by atoms with Crippen LogP contribution in [0, 0.1) is 0 Å². The Kier molecular flexibility index (Phi) is 6.16. The summed E-state index contributed by atoms with van der Waals surface area (Å²) in [7, 11) is -3.48. The second kappa shape index (κ2) is 8.70. The number of urea groups is 1. The van der Waals surface area contributed by atoms with E-state index in [-0.39, 0.29) is 12.6 Å². The molecule has 0 saturated carbocycles. The van der Waals surface area contributed by atoms with Gasteiger partial charge in [-0.05, 0) is 36.8 Å². The minimum Gasteiger partial charge on any atom is -0.323 e. The maximum absolute atomic E-state index is 13.0. The normalized spacial score (nSPS) is 23.3. The lowest BCUT2D eigenvalue weighted by Gasteiger charge is -2.35. The molecule has 166 valence electrons. The molecule has 8 nitrogen and oxygen atoms in total. The predicted octanol–water partition coefficient (Wildman–Crippen LogP) is 1.96. The van der Waals surface area contributed by atoms with Crippen molar-refractivity contribution in [1.82, 2.24) is 19.4 Å². The van der Waals surface area contributed by atoms with Gasteiger partial charge in [-0.25, -0.2) is 18.1 Å². The molecule has 2 aliphatic rings. The van der Waals surface area contributed by atoms with Crippen LogP contribution in [-0.4, -0.2) is 72.8 Å². The van der Waals surface area contributed by atoms with Gasteiger partial charge in [0.25, 0.3) is 15.9 Å². The minimum atomic E-state index is -3.48. The van der Waals surface area contributed by atoms with Crippen molar-refractivity contribution in [2.24, 2.45) is 0 Å². The fourth-order valence-corrected chi connectivity index (χ4v) is 6.50. The van der Waals surface area contributed by atoms with Gasteiger partial charge in [0.1, 0.15) is 9.75 Å². The average Bonchev–Trinajstić information content (AvgIpc) is 3.38. The van der Waals surface area contributed by atoms with E-state index in [0.29, 0.717) is 43.2 Å². The number of benzene rings is 1. The molecule has 3 amide bonds. The minimum absolute atomic E-state index is 0.165. The molecule has 0 aliphatic carbocycles. The van der Waals surface area contributed by atoms with Crippen LogP contribution in [0.1, 0.15) is 18.9 Å². The van der Waals surface area contributed by atoms with Gasteiger partial charge in [0, 0.05) is 26.2 Å². The van der Waals surface area contributed by atoms with Crippen LogP contribution in [0.3, 0.4) is 0 Å². The number of hydrogen-bond donors (Lipinski definition) is 1. The Morgan fingerprint density at radius 1 is 1.03 bits per heavy atom. The number of carbonyl (C=O) groups is 2. The molecule has 1 N–H and O–H groups in total. The van der Waals surface area contributed by atoms with Gasteiger partial charge in [-0.3, -0.25) is 9.69 Å². The number of amides is 3. The lowest BCUT2D eigenvalue weighted by atomic mass is 9.93. The molecule has 2 fully saturated rings. The number of carbonyl (C=O) groups excluding carboxylic acids is 2. The number of thiophene rings is 1. The molecular weight excluding hydrogens is 436 g/mol. The largest absolute Gasteiger partial charge is 0.326 e. The number of aryl methyl sites for hydroxylation is 1. The smallest absolute Gasteiger partial charge is 0.323 e. The second-order valence-electron chi connectivity index (χ2n) is 8.08. The van der Waals surface area contributed by atoms with E-state index < -0.39 is 21.6 Å². The number of piperazine rings is 1. The standard InChI is InChI=1S/C21H26N4O4S2/c1-21(10-9-17-6-3-2-4-7-17)19(26)25(20(27)22-21)16-23-11-13-24(14-12-23)31(28,29)18-8-5-15-30-18/h2-8,15H,9-14,16H2,1H3,(H,22,27). The number of sulfonamides is 1. The summed E-state index contributed by atoms with van der Waals surface area (Å²) in [4.78, 5) is 28.7. The first-order valence-corrected chi connectivity index (χ1v) is 12.6. The monoisotopic (exact) mass is 462 g/mol. The molecule has 31 heavy (non-hydrogen) atoms. The quantitative estimate of drug-likeness (QED) is 0.636. The molecule has 0 bridgehead atoms. The van der Waals surface area contributed by atoms with Gasteiger partial charge in [-0.15, -0.1) is 11.3 Å². The van der Waals surface area contributed by atoms with Gasteiger partial charge in [-0.2, -0.15) is 4.31 Å². The molecule has 0 radical (unpaired) electrons. The molecule has 10 heteroatoms. The van der Waals surface area contributed by atoms with E-state index in [9.17, 15) is 18.0 Å². The highest BCUT2D eigenvalue weighted by Gasteiger charge is 2.48. The van der Waals surface area contributed by atoms with Crippen molar-refractivity contribution >= 4 is 33.3 Å². The van der Waals surface area contributed by atoms with E-state index in [2.05, 4.69) is 5.32 Å². The zero-order chi connectivity index (χ0) is 22.1. The van der Waals surface area contributed by atoms with Crippen LogP contribution < -0.4 is 5.32 Å². The van der Waals surface area contributed by atoms with Crippen LogP contribution in [-0.2, 0) is 21.2 Å². The summed E-state index contributed by atoms with van der Waals surface area (Å²) in [6.45, 7) is 3.51. The van der Waals surface area contributed by atoms with E-state index in [1.165, 1.54) is 20.5 Å². The summed E-state index contributed by atoms with van der Waals surface area (Å²) in [5.41, 5.74) is 0.185. The van der Waals surface area contributed by atoms with Crippen molar-refractivity contribution in [3.05, 3.63) is 53.4 Å².